The van der Waals surface area contributed by atoms with Crippen molar-refractivity contribution in [3.63, 3.8) is 0 Å². The summed E-state index contributed by atoms with van der Waals surface area (Å²) in [5, 5.41) is 13.7. The predicted molar refractivity (Wildman–Crippen MR) is 133 cm³/mol. The molecule has 4 saturated carbocycles. The van der Waals surface area contributed by atoms with E-state index < -0.39 is 11.4 Å². The third-order valence-corrected chi connectivity index (χ3v) is 9.21. The standard InChI is InChI=1S/C27H31N5O3/c1-15-6-22-19(4-5-35-22)8-20(15)29-25-28-13-21-23(30-25)32(16(2)31(21)3)27-11-17-7-18(12-27)10-26(9-17,14-27)24(33)34/h6,8,13,17-18H,2,4-5,7,9-12,14H2,1,3H3,(H,33,34)(H,28,29,30). The highest BCUT2D eigenvalue weighted by atomic mass is 16.5. The minimum absolute atomic E-state index is 0.258. The van der Waals surface area contributed by atoms with Gasteiger partial charge in [-0.15, -0.1) is 0 Å². The van der Waals surface area contributed by atoms with Gasteiger partial charge in [0.15, 0.2) is 5.82 Å². The zero-order valence-corrected chi connectivity index (χ0v) is 20.3. The maximum absolute atomic E-state index is 12.5. The quantitative estimate of drug-likeness (QED) is 0.665. The topological polar surface area (TPSA) is 90.8 Å². The Morgan fingerprint density at radius 3 is 2.77 bits per heavy atom. The number of aliphatic carboxylic acids is 1. The molecule has 182 valence electrons. The predicted octanol–water partition coefficient (Wildman–Crippen LogP) is 4.61. The fourth-order valence-corrected chi connectivity index (χ4v) is 8.05. The normalized spacial score (nSPS) is 32.0. The molecular formula is C27H31N5O3. The third kappa shape index (κ3) is 2.88. The Hall–Kier alpha value is -3.29. The second kappa shape index (κ2) is 6.89. The molecule has 1 aromatic carbocycles. The number of aromatic nitrogens is 2. The van der Waals surface area contributed by atoms with Gasteiger partial charge in [-0.1, -0.05) is 6.58 Å². The van der Waals surface area contributed by atoms with Crippen molar-refractivity contribution in [2.75, 3.05) is 28.8 Å². The molecule has 4 aliphatic carbocycles. The number of fused-ring (bicyclic) bond motifs is 2. The van der Waals surface area contributed by atoms with Crippen molar-refractivity contribution in [1.29, 1.82) is 0 Å². The van der Waals surface area contributed by atoms with Crippen LogP contribution in [0.1, 0.15) is 49.7 Å². The molecule has 0 saturated heterocycles. The second-order valence-electron chi connectivity index (χ2n) is 11.5. The molecule has 1 aromatic heterocycles. The Kier molecular flexibility index (Phi) is 4.14. The second-order valence-corrected chi connectivity index (χ2v) is 11.5. The van der Waals surface area contributed by atoms with E-state index in [2.05, 4.69) is 40.8 Å². The Labute approximate surface area is 205 Å². The first-order valence-electron chi connectivity index (χ1n) is 12.6. The fourth-order valence-electron chi connectivity index (χ4n) is 8.05. The molecule has 8 heteroatoms. The molecule has 35 heavy (non-hydrogen) atoms. The van der Waals surface area contributed by atoms with Crippen LogP contribution in [0.4, 0.5) is 23.1 Å². The van der Waals surface area contributed by atoms with E-state index >= 15 is 0 Å². The number of anilines is 4. The summed E-state index contributed by atoms with van der Waals surface area (Å²) in [5.41, 5.74) is 3.29. The van der Waals surface area contributed by atoms with E-state index in [0.29, 0.717) is 24.2 Å². The number of rotatable bonds is 4. The molecule has 2 unspecified atom stereocenters. The van der Waals surface area contributed by atoms with Gasteiger partial charge in [-0.2, -0.15) is 4.98 Å². The smallest absolute Gasteiger partial charge is 0.309 e. The van der Waals surface area contributed by atoms with Crippen LogP contribution in [-0.2, 0) is 11.2 Å². The number of benzene rings is 1. The van der Waals surface area contributed by atoms with Gasteiger partial charge >= 0.3 is 5.97 Å². The molecule has 6 aliphatic rings. The molecule has 8 nitrogen and oxygen atoms in total. The summed E-state index contributed by atoms with van der Waals surface area (Å²) in [7, 11) is 2.00. The minimum Gasteiger partial charge on any atom is -0.493 e. The van der Waals surface area contributed by atoms with E-state index in [1.807, 2.05) is 18.1 Å². The fraction of sp³-hybridized carbons (Fsp3) is 0.519. The molecule has 0 spiro atoms. The van der Waals surface area contributed by atoms with Crippen molar-refractivity contribution in [3.8, 4) is 5.75 Å². The molecular weight excluding hydrogens is 442 g/mol. The highest BCUT2D eigenvalue weighted by Crippen LogP contribution is 2.65. The SMILES string of the molecule is C=C1N(C)c2cnc(Nc3cc4c(cc3C)OCC4)nc2N1C12CC3CC(CC(C(=O)O)(C3)C1)C2. The van der Waals surface area contributed by atoms with Crippen molar-refractivity contribution in [1.82, 2.24) is 9.97 Å². The van der Waals surface area contributed by atoms with E-state index in [9.17, 15) is 9.90 Å². The van der Waals surface area contributed by atoms with Crippen LogP contribution in [-0.4, -0.2) is 40.2 Å². The number of carbonyl (C=O) groups is 1. The van der Waals surface area contributed by atoms with Gasteiger partial charge in [0.2, 0.25) is 5.95 Å². The van der Waals surface area contributed by atoms with Crippen LogP contribution in [0.25, 0.3) is 0 Å². The lowest BCUT2D eigenvalue weighted by molar-refractivity contribution is -0.166. The monoisotopic (exact) mass is 473 g/mol. The van der Waals surface area contributed by atoms with Gasteiger partial charge < -0.3 is 25.0 Å². The summed E-state index contributed by atoms with van der Waals surface area (Å²) in [4.78, 5) is 26.4. The van der Waals surface area contributed by atoms with Crippen LogP contribution in [0.3, 0.4) is 0 Å². The van der Waals surface area contributed by atoms with E-state index in [4.69, 9.17) is 9.72 Å². The van der Waals surface area contributed by atoms with Crippen molar-refractivity contribution < 1.29 is 14.6 Å². The van der Waals surface area contributed by atoms with Crippen molar-refractivity contribution >= 4 is 29.1 Å². The molecule has 0 radical (unpaired) electrons. The Morgan fingerprint density at radius 2 is 2.03 bits per heavy atom. The summed E-state index contributed by atoms with van der Waals surface area (Å²) in [5.74, 6) is 3.46. The van der Waals surface area contributed by atoms with E-state index in [1.165, 1.54) is 5.56 Å². The van der Waals surface area contributed by atoms with Crippen LogP contribution >= 0.6 is 0 Å². The molecule has 2 aromatic rings. The number of nitrogens with zero attached hydrogens (tertiary/aromatic N) is 4. The van der Waals surface area contributed by atoms with Crippen LogP contribution < -0.4 is 19.9 Å². The number of carboxylic acids is 1. The summed E-state index contributed by atoms with van der Waals surface area (Å²) in [6.07, 6.45) is 8.19. The zero-order valence-electron chi connectivity index (χ0n) is 20.3. The number of ether oxygens (including phenoxy) is 1. The van der Waals surface area contributed by atoms with Gasteiger partial charge in [-0.3, -0.25) is 4.79 Å². The molecule has 0 amide bonds. The van der Waals surface area contributed by atoms with Crippen molar-refractivity contribution in [2.24, 2.45) is 17.3 Å². The molecule has 2 aliphatic heterocycles. The maximum atomic E-state index is 12.5. The Morgan fingerprint density at radius 1 is 1.26 bits per heavy atom. The lowest BCUT2D eigenvalue weighted by Crippen LogP contribution is -2.64. The van der Waals surface area contributed by atoms with Gasteiger partial charge in [0.25, 0.3) is 0 Å². The first-order valence-corrected chi connectivity index (χ1v) is 12.6. The summed E-state index contributed by atoms with van der Waals surface area (Å²) < 4.78 is 5.70. The largest absolute Gasteiger partial charge is 0.493 e. The van der Waals surface area contributed by atoms with Crippen LogP contribution in [0.5, 0.6) is 5.75 Å². The highest BCUT2D eigenvalue weighted by Gasteiger charge is 2.64. The zero-order chi connectivity index (χ0) is 24.1. The van der Waals surface area contributed by atoms with E-state index in [0.717, 1.165) is 79.5 Å². The summed E-state index contributed by atoms with van der Waals surface area (Å²) in [6, 6.07) is 4.20. The van der Waals surface area contributed by atoms with E-state index in [1.54, 1.807) is 0 Å². The number of hydrogen-bond donors (Lipinski definition) is 2. The average Bonchev–Trinajstić information content (AvgIpc) is 3.34. The van der Waals surface area contributed by atoms with Crippen LogP contribution in [0.2, 0.25) is 0 Å². The average molecular weight is 474 g/mol. The lowest BCUT2D eigenvalue weighted by atomic mass is 9.46. The highest BCUT2D eigenvalue weighted by molar-refractivity contribution is 5.82. The minimum atomic E-state index is -0.629. The Balaban J connectivity index is 1.28. The lowest BCUT2D eigenvalue weighted by Gasteiger charge is -2.63. The summed E-state index contributed by atoms with van der Waals surface area (Å²) >= 11 is 0. The molecule has 3 heterocycles. The number of aryl methyl sites for hydroxylation is 1. The third-order valence-electron chi connectivity index (χ3n) is 9.21. The van der Waals surface area contributed by atoms with Gasteiger partial charge in [0, 0.05) is 24.7 Å². The Bertz CT molecular complexity index is 1280. The van der Waals surface area contributed by atoms with Gasteiger partial charge in [-0.05, 0) is 80.5 Å². The van der Waals surface area contributed by atoms with Crippen LogP contribution in [0, 0.1) is 24.2 Å². The first kappa shape index (κ1) is 21.0. The number of nitrogens with one attached hydrogen (secondary N) is 1. The van der Waals surface area contributed by atoms with Gasteiger partial charge in [0.1, 0.15) is 17.3 Å². The van der Waals surface area contributed by atoms with E-state index in [-0.39, 0.29) is 5.54 Å². The molecule has 4 fully saturated rings. The number of carboxylic acid groups (broad SMARTS) is 1. The molecule has 2 atom stereocenters. The molecule has 8 rings (SSSR count). The molecule has 2 N–H and O–H groups in total. The molecule has 4 bridgehead atoms. The van der Waals surface area contributed by atoms with Crippen molar-refractivity contribution in [3.05, 3.63) is 41.9 Å². The van der Waals surface area contributed by atoms with Crippen LogP contribution in [0.15, 0.2) is 30.7 Å². The van der Waals surface area contributed by atoms with Gasteiger partial charge in [-0.25, -0.2) is 4.98 Å². The number of hydrogen-bond acceptors (Lipinski definition) is 7. The summed E-state index contributed by atoms with van der Waals surface area (Å²) in [6.45, 7) is 7.20. The first-order chi connectivity index (χ1) is 16.8. The maximum Gasteiger partial charge on any atom is 0.309 e. The van der Waals surface area contributed by atoms with Crippen molar-refractivity contribution in [2.45, 2.75) is 57.4 Å². The van der Waals surface area contributed by atoms with Gasteiger partial charge in [0.05, 0.1) is 18.2 Å².